The first-order valence-corrected chi connectivity index (χ1v) is 8.93. The normalized spacial score (nSPS) is 24.3. The average Bonchev–Trinajstić information content (AvgIpc) is 2.96. The summed E-state index contributed by atoms with van der Waals surface area (Å²) in [4.78, 5) is 8.39. The summed E-state index contributed by atoms with van der Waals surface area (Å²) in [5.74, 6) is 0.373. The predicted molar refractivity (Wildman–Crippen MR) is 97.9 cm³/mol. The average molecular weight is 355 g/mol. The van der Waals surface area contributed by atoms with E-state index in [0.717, 1.165) is 24.6 Å². The molecule has 0 saturated carbocycles. The van der Waals surface area contributed by atoms with Crippen molar-refractivity contribution in [2.24, 2.45) is 0 Å². The molecule has 2 aromatic rings. The predicted octanol–water partition coefficient (Wildman–Crippen LogP) is 3.33. The molecule has 1 aromatic carbocycles. The highest BCUT2D eigenvalue weighted by atomic mass is 19.1. The number of benzene rings is 1. The van der Waals surface area contributed by atoms with Crippen molar-refractivity contribution in [3.05, 3.63) is 41.5 Å². The Morgan fingerprint density at radius 2 is 2.04 bits per heavy atom. The summed E-state index contributed by atoms with van der Waals surface area (Å²) >= 11 is 0. The van der Waals surface area contributed by atoms with Crippen LogP contribution in [0.4, 0.5) is 15.9 Å². The lowest BCUT2D eigenvalue weighted by Crippen LogP contribution is -2.42. The zero-order valence-corrected chi connectivity index (χ0v) is 14.6. The molecule has 2 aliphatic rings. The molecule has 0 spiro atoms. The molecule has 2 bridgehead atoms. The van der Waals surface area contributed by atoms with Gasteiger partial charge in [0.1, 0.15) is 24.1 Å². The number of anilines is 2. The molecule has 6 nitrogen and oxygen atoms in total. The summed E-state index contributed by atoms with van der Waals surface area (Å²) in [5, 5.41) is 14.3. The summed E-state index contributed by atoms with van der Waals surface area (Å²) in [7, 11) is 0. The van der Waals surface area contributed by atoms with E-state index in [1.165, 1.54) is 25.2 Å². The van der Waals surface area contributed by atoms with Crippen LogP contribution in [0.5, 0.6) is 5.88 Å². The van der Waals surface area contributed by atoms with Crippen molar-refractivity contribution in [3.63, 3.8) is 0 Å². The topological polar surface area (TPSA) is 82.9 Å². The first kappa shape index (κ1) is 16.9. The quantitative estimate of drug-likeness (QED) is 0.717. The molecule has 2 saturated heterocycles. The number of fused-ring (bicyclic) bond motifs is 2. The Labute approximate surface area is 151 Å². The number of nitrogens with one attached hydrogen (secondary N) is 3. The third-order valence-corrected chi connectivity index (χ3v) is 5.08. The van der Waals surface area contributed by atoms with Gasteiger partial charge in [0.25, 0.3) is 0 Å². The molecule has 2 aliphatic heterocycles. The molecule has 0 aliphatic carbocycles. The molecule has 4 rings (SSSR count). The highest BCUT2D eigenvalue weighted by molar-refractivity contribution is 5.88. The highest BCUT2D eigenvalue weighted by Crippen LogP contribution is 2.31. The van der Waals surface area contributed by atoms with Gasteiger partial charge in [0.05, 0.1) is 11.3 Å². The van der Waals surface area contributed by atoms with Gasteiger partial charge in [-0.1, -0.05) is 6.07 Å². The first-order chi connectivity index (χ1) is 12.6. The van der Waals surface area contributed by atoms with E-state index in [1.54, 1.807) is 6.07 Å². The van der Waals surface area contributed by atoms with Gasteiger partial charge < -0.3 is 20.8 Å². The van der Waals surface area contributed by atoms with E-state index in [-0.39, 0.29) is 11.9 Å². The van der Waals surface area contributed by atoms with Crippen LogP contribution in [0.2, 0.25) is 0 Å². The summed E-state index contributed by atoms with van der Waals surface area (Å²) in [6, 6.07) is 5.94. The van der Waals surface area contributed by atoms with Crippen molar-refractivity contribution >= 4 is 17.7 Å². The van der Waals surface area contributed by atoms with Crippen molar-refractivity contribution in [1.82, 2.24) is 15.3 Å². The summed E-state index contributed by atoms with van der Waals surface area (Å²) in [5.41, 5.74) is 1.58. The van der Waals surface area contributed by atoms with E-state index in [1.807, 2.05) is 13.0 Å². The van der Waals surface area contributed by atoms with Gasteiger partial charge >= 0.3 is 0 Å². The van der Waals surface area contributed by atoms with E-state index in [0.29, 0.717) is 35.0 Å². The highest BCUT2D eigenvalue weighted by Gasteiger charge is 2.35. The number of nitrogens with zero attached hydrogens (tertiary/aromatic N) is 2. The van der Waals surface area contributed by atoms with Crippen LogP contribution < -0.4 is 15.4 Å². The Kier molecular flexibility index (Phi) is 4.55. The van der Waals surface area contributed by atoms with Crippen molar-refractivity contribution in [1.29, 1.82) is 5.41 Å². The molecule has 3 N–H and O–H groups in total. The second-order valence-corrected chi connectivity index (χ2v) is 7.04. The summed E-state index contributed by atoms with van der Waals surface area (Å²) in [6.07, 6.45) is 6.86. The van der Waals surface area contributed by atoms with Gasteiger partial charge in [0.15, 0.2) is 0 Å². The Morgan fingerprint density at radius 3 is 2.73 bits per heavy atom. The van der Waals surface area contributed by atoms with Crippen molar-refractivity contribution < 1.29 is 9.13 Å². The van der Waals surface area contributed by atoms with E-state index < -0.39 is 0 Å². The maximum atomic E-state index is 14.1. The van der Waals surface area contributed by atoms with Crippen molar-refractivity contribution in [2.45, 2.75) is 50.8 Å². The largest absolute Gasteiger partial charge is 0.474 e. The Hall–Kier alpha value is -2.54. The number of halogens is 1. The fourth-order valence-corrected chi connectivity index (χ4v) is 3.81. The van der Waals surface area contributed by atoms with Crippen LogP contribution in [0.3, 0.4) is 0 Å². The van der Waals surface area contributed by atoms with Crippen LogP contribution in [-0.2, 0) is 0 Å². The minimum absolute atomic E-state index is 0.0753. The lowest BCUT2D eigenvalue weighted by Gasteiger charge is -2.29. The zero-order chi connectivity index (χ0) is 18.1. The summed E-state index contributed by atoms with van der Waals surface area (Å²) < 4.78 is 20.2. The fraction of sp³-hybridized carbons (Fsp3) is 0.421. The molecular formula is C19H22FN5O. The van der Waals surface area contributed by atoms with Gasteiger partial charge in [-0.2, -0.15) is 0 Å². The second-order valence-electron chi connectivity index (χ2n) is 7.04. The van der Waals surface area contributed by atoms with E-state index in [2.05, 4.69) is 20.6 Å². The number of piperidine rings is 1. The Bertz CT molecular complexity index is 816. The molecule has 136 valence electrons. The fourth-order valence-electron chi connectivity index (χ4n) is 3.81. The van der Waals surface area contributed by atoms with E-state index in [9.17, 15) is 4.39 Å². The second kappa shape index (κ2) is 6.99. The minimum Gasteiger partial charge on any atom is -0.474 e. The molecule has 26 heavy (non-hydrogen) atoms. The van der Waals surface area contributed by atoms with Crippen LogP contribution in [0, 0.1) is 18.2 Å². The van der Waals surface area contributed by atoms with Gasteiger partial charge in [-0.05, 0) is 50.3 Å². The molecule has 2 atom stereocenters. The lowest BCUT2D eigenvalue weighted by molar-refractivity contribution is 0.131. The number of ether oxygens (including phenoxy) is 1. The molecule has 2 fully saturated rings. The summed E-state index contributed by atoms with van der Waals surface area (Å²) in [6.45, 7) is 1.83. The number of aromatic nitrogens is 2. The van der Waals surface area contributed by atoms with Crippen LogP contribution in [-0.4, -0.2) is 34.4 Å². The number of hydrogen-bond acceptors (Lipinski definition) is 6. The molecular weight excluding hydrogens is 333 g/mol. The van der Waals surface area contributed by atoms with Gasteiger partial charge in [0.2, 0.25) is 5.88 Å². The van der Waals surface area contributed by atoms with Gasteiger partial charge in [-0.25, -0.2) is 14.4 Å². The maximum Gasteiger partial charge on any atom is 0.227 e. The van der Waals surface area contributed by atoms with Crippen LogP contribution >= 0.6 is 0 Å². The van der Waals surface area contributed by atoms with Crippen LogP contribution in [0.25, 0.3) is 0 Å². The number of rotatable bonds is 5. The molecule has 1 aromatic heterocycles. The lowest BCUT2D eigenvalue weighted by atomic mass is 10.0. The molecule has 7 heteroatoms. The molecule has 0 radical (unpaired) electrons. The van der Waals surface area contributed by atoms with Crippen molar-refractivity contribution in [2.75, 3.05) is 5.32 Å². The van der Waals surface area contributed by atoms with Crippen LogP contribution in [0.15, 0.2) is 24.5 Å². The number of aryl methyl sites for hydroxylation is 1. The molecule has 2 unspecified atom stereocenters. The molecule has 0 amide bonds. The Morgan fingerprint density at radius 1 is 1.27 bits per heavy atom. The maximum absolute atomic E-state index is 14.1. The van der Waals surface area contributed by atoms with Gasteiger partial charge in [-0.3, -0.25) is 0 Å². The van der Waals surface area contributed by atoms with E-state index >= 15 is 0 Å². The standard InChI is InChI=1S/C19H22FN5O/c1-11-2-5-17(16(20)6-11)25-18-15(9-21)19(23-10-22-18)26-14-7-12-3-4-13(8-14)24-12/h2,5-6,9-10,12-14,21,24H,3-4,7-8H2,1H3,(H,22,23,25). The van der Waals surface area contributed by atoms with E-state index in [4.69, 9.17) is 10.1 Å². The minimum atomic E-state index is -0.364. The van der Waals surface area contributed by atoms with Gasteiger partial charge in [-0.15, -0.1) is 0 Å². The third-order valence-electron chi connectivity index (χ3n) is 5.08. The monoisotopic (exact) mass is 355 g/mol. The first-order valence-electron chi connectivity index (χ1n) is 8.93. The number of hydrogen-bond donors (Lipinski definition) is 3. The smallest absolute Gasteiger partial charge is 0.227 e. The van der Waals surface area contributed by atoms with Crippen molar-refractivity contribution in [3.8, 4) is 5.88 Å². The zero-order valence-electron chi connectivity index (χ0n) is 14.6. The van der Waals surface area contributed by atoms with Gasteiger partial charge in [0, 0.05) is 18.3 Å². The Balaban J connectivity index is 1.56. The third kappa shape index (κ3) is 3.39. The van der Waals surface area contributed by atoms with Crippen LogP contribution in [0.1, 0.15) is 36.8 Å². The SMILES string of the molecule is Cc1ccc(Nc2ncnc(OC3CC4CCC(C3)N4)c2C=N)c(F)c1. The molecule has 3 heterocycles.